The van der Waals surface area contributed by atoms with Gasteiger partial charge in [-0.05, 0) is 113 Å². The number of cyclic esters (lactones) is 1. The normalized spacial score (nSPS) is 29.1. The Morgan fingerprint density at radius 2 is 1.47 bits per heavy atom. The first-order chi connectivity index (χ1) is 31.1. The smallest absolute Gasteiger partial charge is 0.410 e. The van der Waals surface area contributed by atoms with Gasteiger partial charge in [-0.3, -0.25) is 4.79 Å². The summed E-state index contributed by atoms with van der Waals surface area (Å²) in [5.74, 6) is -0.334. The fourth-order valence-electron chi connectivity index (χ4n) is 10.4. The highest BCUT2D eigenvalue weighted by Crippen LogP contribution is 2.43. The topological polar surface area (TPSA) is 120 Å². The third-order valence-electron chi connectivity index (χ3n) is 16.4. The van der Waals surface area contributed by atoms with E-state index in [9.17, 15) is 14.7 Å². The van der Waals surface area contributed by atoms with Crippen LogP contribution in [0.3, 0.4) is 0 Å². The van der Waals surface area contributed by atoms with Gasteiger partial charge in [-0.15, -0.1) is 0 Å². The summed E-state index contributed by atoms with van der Waals surface area (Å²) >= 11 is 0. The van der Waals surface area contributed by atoms with Gasteiger partial charge in [0.05, 0.1) is 30.3 Å². The van der Waals surface area contributed by atoms with Crippen molar-refractivity contribution in [3.8, 4) is 0 Å². The second-order valence-electron chi connectivity index (χ2n) is 20.8. The lowest BCUT2D eigenvalue weighted by atomic mass is 9.88. The Morgan fingerprint density at radius 1 is 0.909 bits per heavy atom. The molecule has 1 amide bonds. The number of carbonyl (C=O) groups excluding carboxylic acids is 2. The second kappa shape index (κ2) is 26.5. The Bertz CT molecular complexity index is 1550. The summed E-state index contributed by atoms with van der Waals surface area (Å²) in [7, 11) is -3.92. The van der Waals surface area contributed by atoms with Crippen molar-refractivity contribution >= 4 is 37.0 Å². The minimum absolute atomic E-state index is 0.0774. The number of allylic oxidation sites excluding steroid dienone is 2. The molecule has 0 aromatic carbocycles. The van der Waals surface area contributed by atoms with Gasteiger partial charge in [0.2, 0.25) is 0 Å². The van der Waals surface area contributed by atoms with E-state index >= 15 is 0 Å². The summed E-state index contributed by atoms with van der Waals surface area (Å²) in [6.07, 6.45) is 10.6. The highest BCUT2D eigenvalue weighted by molar-refractivity contribution is 6.74. The molecule has 0 bridgehead atoms. The molecule has 0 aromatic rings. The van der Waals surface area contributed by atoms with E-state index in [-0.39, 0.29) is 49.0 Å². The molecule has 1 N–H and O–H groups in total. The van der Waals surface area contributed by atoms with Crippen molar-refractivity contribution in [1.29, 1.82) is 0 Å². The van der Waals surface area contributed by atoms with Gasteiger partial charge < -0.3 is 42.4 Å². The third kappa shape index (κ3) is 16.2. The number of likely N-dealkylation sites (N-methyl/N-ethyl adjacent to an activating group) is 1. The quantitative estimate of drug-likeness (QED) is 0.0329. The number of aliphatic hydroxyl groups is 1. The van der Waals surface area contributed by atoms with E-state index < -0.39 is 60.6 Å². The van der Waals surface area contributed by atoms with Gasteiger partial charge in [-0.1, -0.05) is 107 Å². The maximum atomic E-state index is 14.1. The number of hydrogen-bond acceptors (Lipinski definition) is 10. The molecule has 66 heavy (non-hydrogen) atoms. The van der Waals surface area contributed by atoms with Crippen molar-refractivity contribution in [2.75, 3.05) is 33.2 Å². The number of amides is 1. The van der Waals surface area contributed by atoms with Gasteiger partial charge >= 0.3 is 12.1 Å². The molecule has 3 aliphatic rings. The Kier molecular flexibility index (Phi) is 23.6. The molecule has 3 rings (SSSR count). The van der Waals surface area contributed by atoms with Crippen LogP contribution in [0.1, 0.15) is 136 Å². The molecular formula is C52H98N2O9Si3. The molecule has 0 spiro atoms. The highest BCUT2D eigenvalue weighted by atomic mass is 28.4. The van der Waals surface area contributed by atoms with Crippen LogP contribution < -0.4 is 0 Å². The van der Waals surface area contributed by atoms with E-state index in [2.05, 4.69) is 106 Å². The van der Waals surface area contributed by atoms with Gasteiger partial charge in [0.25, 0.3) is 0 Å². The van der Waals surface area contributed by atoms with Gasteiger partial charge in [-0.25, -0.2) is 4.79 Å². The number of esters is 1. The lowest BCUT2D eigenvalue weighted by Crippen LogP contribution is -2.50. The molecule has 0 saturated carbocycles. The summed E-state index contributed by atoms with van der Waals surface area (Å²) in [6.45, 7) is 35.4. The molecule has 0 unspecified atom stereocenters. The maximum absolute atomic E-state index is 14.1. The zero-order valence-corrected chi connectivity index (χ0v) is 47.8. The predicted molar refractivity (Wildman–Crippen MR) is 278 cm³/mol. The molecule has 0 radical (unpaired) electrons. The summed E-state index contributed by atoms with van der Waals surface area (Å²) in [4.78, 5) is 31.6. The van der Waals surface area contributed by atoms with Crippen LogP contribution in [0.5, 0.6) is 0 Å². The predicted octanol–water partition coefficient (Wildman–Crippen LogP) is 12.0. The SMILES string of the molecule is CC[C@H](O[Si](CC)(CC)CC)[C@@H](C)[C@H]1O[C@H]1C[C@](C)(/C=C/C=C(\C)[C@H]1OC(=O)C[C@H](O[Si](CC)(CC)CC)CC[C@@](C)(O)[C@@H](OC(=O)N2CCN(C)CC2)/C=C\[C@@H]1C)O[Si](CC)(CC)CC. The molecule has 0 aromatic heterocycles. The van der Waals surface area contributed by atoms with Crippen LogP contribution >= 0.6 is 0 Å². The first-order valence-corrected chi connectivity index (χ1v) is 34.1. The third-order valence-corrected chi connectivity index (χ3v) is 30.5. The monoisotopic (exact) mass is 979 g/mol. The van der Waals surface area contributed by atoms with E-state index in [1.165, 1.54) is 0 Å². The van der Waals surface area contributed by atoms with Crippen LogP contribution in [0.4, 0.5) is 4.79 Å². The van der Waals surface area contributed by atoms with Crippen molar-refractivity contribution < 1.29 is 42.2 Å². The summed E-state index contributed by atoms with van der Waals surface area (Å²) in [6, 6.07) is 9.33. The number of epoxide rings is 1. The van der Waals surface area contributed by atoms with Gasteiger partial charge in [-0.2, -0.15) is 0 Å². The molecule has 11 nitrogen and oxygen atoms in total. The lowest BCUT2D eigenvalue weighted by molar-refractivity contribution is -0.151. The molecule has 14 heteroatoms. The van der Waals surface area contributed by atoms with Crippen molar-refractivity contribution in [2.24, 2.45) is 11.8 Å². The van der Waals surface area contributed by atoms with Crippen LogP contribution in [-0.4, -0.2) is 133 Å². The maximum Gasteiger partial charge on any atom is 0.410 e. The average Bonchev–Trinajstić information content (AvgIpc) is 4.08. The second-order valence-corrected chi connectivity index (χ2v) is 34.9. The number of piperazine rings is 1. The Labute approximate surface area is 406 Å². The summed E-state index contributed by atoms with van der Waals surface area (Å²) in [5.41, 5.74) is -1.09. The van der Waals surface area contributed by atoms with E-state index in [1.54, 1.807) is 17.9 Å². The van der Waals surface area contributed by atoms with Crippen molar-refractivity contribution in [3.63, 3.8) is 0 Å². The molecule has 2 saturated heterocycles. The number of ether oxygens (including phenoxy) is 3. The van der Waals surface area contributed by atoms with E-state index in [1.807, 2.05) is 27.0 Å². The molecule has 3 heterocycles. The zero-order chi connectivity index (χ0) is 49.5. The van der Waals surface area contributed by atoms with Crippen LogP contribution in [0.2, 0.25) is 54.4 Å². The Morgan fingerprint density at radius 3 is 2.00 bits per heavy atom. The molecule has 2 fully saturated rings. The van der Waals surface area contributed by atoms with Gasteiger partial charge in [0.1, 0.15) is 11.7 Å². The van der Waals surface area contributed by atoms with Crippen molar-refractivity contribution in [3.05, 3.63) is 36.0 Å². The minimum atomic E-state index is -2.14. The Hall–Kier alpha value is -1.63. The highest BCUT2D eigenvalue weighted by Gasteiger charge is 2.51. The number of rotatable bonds is 24. The molecule has 0 aliphatic carbocycles. The van der Waals surface area contributed by atoms with E-state index in [0.29, 0.717) is 19.5 Å². The van der Waals surface area contributed by atoms with E-state index in [0.717, 1.165) is 85.9 Å². The largest absolute Gasteiger partial charge is 0.457 e. The first kappa shape index (κ1) is 58.7. The number of hydrogen-bond donors (Lipinski definition) is 1. The Balaban J connectivity index is 2.00. The summed E-state index contributed by atoms with van der Waals surface area (Å²) < 4.78 is 40.5. The summed E-state index contributed by atoms with van der Waals surface area (Å²) in [5, 5.41) is 12.1. The first-order valence-electron chi connectivity index (χ1n) is 26.5. The van der Waals surface area contributed by atoms with E-state index in [4.69, 9.17) is 27.5 Å². The molecular weight excluding hydrogens is 881 g/mol. The van der Waals surface area contributed by atoms with Gasteiger partial charge in [0, 0.05) is 50.5 Å². The average molecular weight is 980 g/mol. The van der Waals surface area contributed by atoms with Crippen LogP contribution in [0.15, 0.2) is 36.0 Å². The number of carbonyl (C=O) groups is 2. The lowest BCUT2D eigenvalue weighted by Gasteiger charge is -2.39. The molecule has 3 aliphatic heterocycles. The fourth-order valence-corrected chi connectivity index (χ4v) is 19.5. The molecule has 382 valence electrons. The number of nitrogens with zero attached hydrogens (tertiary/aromatic N) is 2. The standard InChI is InChI=1S/C52H98N2O9Si3/c1-17-44(62-65(21-5,22-6)23-7)42(13)49-45(58-49)39-51(14,63-66(24-8,25-9)26-10)32-27-28-40(11)48-41(12)29-30-46(59-50(56)54-36-34-53(16)35-37-54)52(15,57)33-31-43(38-47(55)60-48)61-64(18-2,19-3)20-4/h27-30,32,41-46,48-49,57H,17-26,31,33-39H2,1-16H3/b30-29-,32-27+,40-28+/t41-,42+,43+,44-,45-,46-,48+,49+,51-,52+/m0/s1. The van der Waals surface area contributed by atoms with Gasteiger partial charge in [0.15, 0.2) is 31.1 Å². The van der Waals surface area contributed by atoms with Crippen molar-refractivity contribution in [2.45, 2.75) is 238 Å². The van der Waals surface area contributed by atoms with Crippen LogP contribution in [0, 0.1) is 11.8 Å². The fraction of sp³-hybridized carbons (Fsp3) is 0.846. The van der Waals surface area contributed by atoms with Crippen LogP contribution in [-0.2, 0) is 32.3 Å². The minimum Gasteiger partial charge on any atom is -0.457 e. The van der Waals surface area contributed by atoms with Crippen LogP contribution in [0.25, 0.3) is 0 Å². The zero-order valence-electron chi connectivity index (χ0n) is 44.8. The van der Waals surface area contributed by atoms with Crippen molar-refractivity contribution in [1.82, 2.24) is 9.80 Å². The molecule has 10 atom stereocenters.